The highest BCUT2D eigenvalue weighted by Gasteiger charge is 2.13. The number of nitrogens with zero attached hydrogens (tertiary/aromatic N) is 2. The van der Waals surface area contributed by atoms with Gasteiger partial charge in [0.25, 0.3) is 5.69 Å². The molecule has 0 saturated heterocycles. The van der Waals surface area contributed by atoms with Crippen LogP contribution in [0.4, 0.5) is 11.4 Å². The minimum Gasteiger partial charge on any atom is -0.378 e. The molecule has 0 unspecified atom stereocenters. The van der Waals surface area contributed by atoms with E-state index in [9.17, 15) is 10.1 Å². The molecule has 1 aromatic carbocycles. The van der Waals surface area contributed by atoms with Crippen LogP contribution in [0.25, 0.3) is 0 Å². The van der Waals surface area contributed by atoms with Gasteiger partial charge in [-0.1, -0.05) is 25.4 Å². The second-order valence-corrected chi connectivity index (χ2v) is 4.72. The Bertz CT molecular complexity index is 426. The number of nitro groups is 1. The first-order valence-electron chi connectivity index (χ1n) is 6.48. The Labute approximate surface area is 118 Å². The Balaban J connectivity index is 2.61. The normalized spacial score (nSPS) is 10.7. The van der Waals surface area contributed by atoms with Crippen LogP contribution in [-0.4, -0.2) is 36.0 Å². The molecular weight excluding hydrogens is 266 g/mol. The van der Waals surface area contributed by atoms with Crippen LogP contribution in [0, 0.1) is 10.1 Å². The molecule has 1 rings (SSSR count). The van der Waals surface area contributed by atoms with Crippen molar-refractivity contribution in [1.29, 1.82) is 0 Å². The van der Waals surface area contributed by atoms with E-state index in [1.807, 2.05) is 0 Å². The summed E-state index contributed by atoms with van der Waals surface area (Å²) in [5.41, 5.74) is 0.535. The first-order valence-corrected chi connectivity index (χ1v) is 6.86. The lowest BCUT2D eigenvalue weighted by molar-refractivity contribution is -0.384. The predicted octanol–water partition coefficient (Wildman–Crippen LogP) is 3.39. The fourth-order valence-corrected chi connectivity index (χ4v) is 2.07. The van der Waals surface area contributed by atoms with Crippen molar-refractivity contribution in [2.45, 2.75) is 20.3 Å². The molecule has 0 atom stereocenters. The molecule has 0 saturated carbocycles. The zero-order valence-corrected chi connectivity index (χ0v) is 12.1. The molecule has 1 aromatic rings. The van der Waals surface area contributed by atoms with E-state index in [1.54, 1.807) is 6.07 Å². The summed E-state index contributed by atoms with van der Waals surface area (Å²) in [4.78, 5) is 12.8. The number of nitro benzene ring substituents is 1. The maximum Gasteiger partial charge on any atom is 0.292 e. The molecular formula is C13H20ClN3O2. The number of hydrogen-bond acceptors (Lipinski definition) is 4. The van der Waals surface area contributed by atoms with Gasteiger partial charge in [-0.25, -0.2) is 0 Å². The number of nitrogens with one attached hydrogen (secondary N) is 1. The van der Waals surface area contributed by atoms with Crippen molar-refractivity contribution in [2.24, 2.45) is 0 Å². The van der Waals surface area contributed by atoms with E-state index in [4.69, 9.17) is 11.6 Å². The molecule has 0 bridgehead atoms. The Morgan fingerprint density at radius 2 is 2.11 bits per heavy atom. The van der Waals surface area contributed by atoms with Gasteiger partial charge in [-0.2, -0.15) is 0 Å². The second kappa shape index (κ2) is 7.96. The van der Waals surface area contributed by atoms with Crippen LogP contribution in [0.5, 0.6) is 0 Å². The summed E-state index contributed by atoms with van der Waals surface area (Å²) in [6.45, 7) is 7.78. The average Bonchev–Trinajstić information content (AvgIpc) is 2.37. The highest BCUT2D eigenvalue weighted by molar-refractivity contribution is 6.31. The molecule has 19 heavy (non-hydrogen) atoms. The molecule has 0 aliphatic carbocycles. The number of halogens is 1. The van der Waals surface area contributed by atoms with Crippen molar-refractivity contribution < 1.29 is 4.92 Å². The van der Waals surface area contributed by atoms with Crippen LogP contribution in [-0.2, 0) is 0 Å². The van der Waals surface area contributed by atoms with Gasteiger partial charge in [-0.3, -0.25) is 10.1 Å². The van der Waals surface area contributed by atoms with E-state index >= 15 is 0 Å². The van der Waals surface area contributed by atoms with Gasteiger partial charge in [0.1, 0.15) is 5.69 Å². The molecule has 0 radical (unpaired) electrons. The minimum atomic E-state index is -0.401. The van der Waals surface area contributed by atoms with E-state index in [0.29, 0.717) is 17.3 Å². The lowest BCUT2D eigenvalue weighted by Crippen LogP contribution is -2.29. The SMILES string of the molecule is CCCN(CC)CCNc1cc(Cl)ccc1[N+](=O)[O-]. The second-order valence-electron chi connectivity index (χ2n) is 4.28. The fourth-order valence-electron chi connectivity index (χ4n) is 1.90. The first-order chi connectivity index (χ1) is 9.08. The summed E-state index contributed by atoms with van der Waals surface area (Å²) < 4.78 is 0. The van der Waals surface area contributed by atoms with Gasteiger partial charge in [0.2, 0.25) is 0 Å². The third kappa shape index (κ3) is 5.04. The predicted molar refractivity (Wildman–Crippen MR) is 79.0 cm³/mol. The Kier molecular flexibility index (Phi) is 6.59. The molecule has 0 aromatic heterocycles. The molecule has 0 heterocycles. The number of rotatable bonds is 8. The van der Waals surface area contributed by atoms with Crippen LogP contribution >= 0.6 is 11.6 Å². The average molecular weight is 286 g/mol. The summed E-state index contributed by atoms with van der Waals surface area (Å²) in [7, 11) is 0. The van der Waals surface area contributed by atoms with Crippen LogP contribution in [0.3, 0.4) is 0 Å². The summed E-state index contributed by atoms with van der Waals surface area (Å²) in [5, 5.41) is 14.5. The van der Waals surface area contributed by atoms with E-state index in [0.717, 1.165) is 26.1 Å². The van der Waals surface area contributed by atoms with Crippen molar-refractivity contribution in [1.82, 2.24) is 4.90 Å². The number of anilines is 1. The zero-order chi connectivity index (χ0) is 14.3. The van der Waals surface area contributed by atoms with Crippen molar-refractivity contribution in [2.75, 3.05) is 31.5 Å². The monoisotopic (exact) mass is 285 g/mol. The molecule has 1 N–H and O–H groups in total. The lowest BCUT2D eigenvalue weighted by Gasteiger charge is -2.19. The van der Waals surface area contributed by atoms with Crippen molar-refractivity contribution in [3.05, 3.63) is 33.3 Å². The minimum absolute atomic E-state index is 0.0583. The van der Waals surface area contributed by atoms with Crippen LogP contribution in [0.2, 0.25) is 5.02 Å². The van der Waals surface area contributed by atoms with Crippen LogP contribution in [0.1, 0.15) is 20.3 Å². The van der Waals surface area contributed by atoms with Gasteiger partial charge >= 0.3 is 0 Å². The Hall–Kier alpha value is -1.33. The fraction of sp³-hybridized carbons (Fsp3) is 0.538. The van der Waals surface area contributed by atoms with Crippen molar-refractivity contribution in [3.63, 3.8) is 0 Å². The van der Waals surface area contributed by atoms with Gasteiger partial charge in [0.05, 0.1) is 4.92 Å². The molecule has 0 aliphatic rings. The first kappa shape index (κ1) is 15.7. The molecule has 0 aliphatic heterocycles. The highest BCUT2D eigenvalue weighted by Crippen LogP contribution is 2.27. The summed E-state index contributed by atoms with van der Waals surface area (Å²) >= 11 is 5.87. The van der Waals surface area contributed by atoms with E-state index in [2.05, 4.69) is 24.1 Å². The van der Waals surface area contributed by atoms with Crippen LogP contribution < -0.4 is 5.32 Å². The molecule has 106 valence electrons. The van der Waals surface area contributed by atoms with Gasteiger partial charge in [0.15, 0.2) is 0 Å². The summed E-state index contributed by atoms with van der Waals surface area (Å²) in [6.07, 6.45) is 1.10. The topological polar surface area (TPSA) is 58.4 Å². The standard InChI is InChI=1S/C13H20ClN3O2/c1-3-8-16(4-2)9-7-15-12-10-11(14)5-6-13(12)17(18)19/h5-6,10,15H,3-4,7-9H2,1-2H3. The largest absolute Gasteiger partial charge is 0.378 e. The third-order valence-electron chi connectivity index (χ3n) is 2.89. The summed E-state index contributed by atoms with van der Waals surface area (Å²) in [5.74, 6) is 0. The van der Waals surface area contributed by atoms with E-state index in [1.165, 1.54) is 12.1 Å². The van der Waals surface area contributed by atoms with Gasteiger partial charge in [-0.15, -0.1) is 0 Å². The maximum absolute atomic E-state index is 10.9. The highest BCUT2D eigenvalue weighted by atomic mass is 35.5. The van der Waals surface area contributed by atoms with Crippen molar-refractivity contribution in [3.8, 4) is 0 Å². The quantitative estimate of drug-likeness (QED) is 0.587. The smallest absolute Gasteiger partial charge is 0.292 e. The number of likely N-dealkylation sites (N-methyl/N-ethyl adjacent to an activating group) is 1. The van der Waals surface area contributed by atoms with Crippen LogP contribution in [0.15, 0.2) is 18.2 Å². The maximum atomic E-state index is 10.9. The van der Waals surface area contributed by atoms with Gasteiger partial charge < -0.3 is 10.2 Å². The molecule has 6 heteroatoms. The number of benzene rings is 1. The number of hydrogen-bond donors (Lipinski definition) is 1. The van der Waals surface area contributed by atoms with Crippen molar-refractivity contribution >= 4 is 23.0 Å². The Morgan fingerprint density at radius 3 is 2.68 bits per heavy atom. The zero-order valence-electron chi connectivity index (χ0n) is 11.4. The summed E-state index contributed by atoms with van der Waals surface area (Å²) in [6, 6.07) is 4.55. The van der Waals surface area contributed by atoms with Gasteiger partial charge in [0, 0.05) is 24.2 Å². The molecule has 5 nitrogen and oxygen atoms in total. The molecule has 0 amide bonds. The van der Waals surface area contributed by atoms with E-state index < -0.39 is 4.92 Å². The lowest BCUT2D eigenvalue weighted by atomic mass is 10.2. The van der Waals surface area contributed by atoms with Gasteiger partial charge in [-0.05, 0) is 31.6 Å². The Morgan fingerprint density at radius 1 is 1.37 bits per heavy atom. The third-order valence-corrected chi connectivity index (χ3v) is 3.12. The van der Waals surface area contributed by atoms with E-state index in [-0.39, 0.29) is 5.69 Å². The molecule has 0 spiro atoms. The molecule has 0 fully saturated rings.